The third kappa shape index (κ3) is 10.5. The van der Waals surface area contributed by atoms with Gasteiger partial charge in [0.2, 0.25) is 0 Å². The number of esters is 4. The average Bonchev–Trinajstić information content (AvgIpc) is 3.13. The lowest BCUT2D eigenvalue weighted by atomic mass is 10.1. The number of ether oxygens (including phenoxy) is 4. The van der Waals surface area contributed by atoms with Crippen LogP contribution < -0.4 is 10.7 Å². The van der Waals surface area contributed by atoms with Crippen LogP contribution >= 0.6 is 11.3 Å². The lowest BCUT2D eigenvalue weighted by Gasteiger charge is -2.35. The molecule has 1 fully saturated rings. The highest BCUT2D eigenvalue weighted by Gasteiger charge is 2.30. The lowest BCUT2D eigenvalue weighted by Crippen LogP contribution is -2.52. The minimum atomic E-state index is -0.659. The predicted molar refractivity (Wildman–Crippen MR) is 189 cm³/mol. The Labute approximate surface area is 295 Å². The summed E-state index contributed by atoms with van der Waals surface area (Å²) in [6.45, 7) is 4.44. The standard InChI is InChI=1S/C35H47N5O9S/c1-46-30(41)13-11-27(34(44)48-3)39-17-15-36-16-18-40(28(35(45)49-4)12-14-31(42)47-2)22-20-38(19-21-39)23-24-9-10-26-32(43)25-7-5-6-8-29(25)50-33(26)37-24/h5-10,27-28,36H,11-23H2,1-4H3. The van der Waals surface area contributed by atoms with E-state index in [1.165, 1.54) is 39.8 Å². The zero-order chi connectivity index (χ0) is 36.0. The molecule has 0 bridgehead atoms. The smallest absolute Gasteiger partial charge is 0.323 e. The fourth-order valence-corrected chi connectivity index (χ4v) is 7.21. The Morgan fingerprint density at radius 2 is 1.30 bits per heavy atom. The molecule has 1 aliphatic heterocycles. The molecule has 15 heteroatoms. The van der Waals surface area contributed by atoms with Crippen LogP contribution in [0.3, 0.4) is 0 Å². The summed E-state index contributed by atoms with van der Waals surface area (Å²) in [5, 5.41) is 4.63. The van der Waals surface area contributed by atoms with Crippen molar-refractivity contribution in [2.75, 3.05) is 80.8 Å². The lowest BCUT2D eigenvalue weighted by molar-refractivity contribution is -0.149. The molecule has 2 aromatic heterocycles. The molecular formula is C35H47N5O9S. The zero-order valence-electron chi connectivity index (χ0n) is 29.2. The number of nitrogens with one attached hydrogen (secondary N) is 1. The summed E-state index contributed by atoms with van der Waals surface area (Å²) in [6.07, 6.45) is 0.621. The van der Waals surface area contributed by atoms with Gasteiger partial charge < -0.3 is 24.3 Å². The molecule has 2 unspecified atom stereocenters. The van der Waals surface area contributed by atoms with Crippen LogP contribution in [0.2, 0.25) is 0 Å². The van der Waals surface area contributed by atoms with Gasteiger partial charge in [-0.2, -0.15) is 0 Å². The van der Waals surface area contributed by atoms with Crippen LogP contribution in [0, 0.1) is 0 Å². The molecule has 1 aromatic carbocycles. The number of benzene rings is 1. The molecule has 0 radical (unpaired) electrons. The van der Waals surface area contributed by atoms with E-state index in [0.717, 1.165) is 10.4 Å². The van der Waals surface area contributed by atoms with Crippen LogP contribution in [0.25, 0.3) is 20.3 Å². The van der Waals surface area contributed by atoms with Gasteiger partial charge in [0.05, 0.1) is 39.5 Å². The predicted octanol–water partition coefficient (Wildman–Crippen LogP) is 1.81. The molecule has 272 valence electrons. The maximum Gasteiger partial charge on any atom is 0.323 e. The topological polar surface area (TPSA) is 157 Å². The van der Waals surface area contributed by atoms with Crippen molar-refractivity contribution < 1.29 is 38.1 Å². The highest BCUT2D eigenvalue weighted by molar-refractivity contribution is 7.24. The van der Waals surface area contributed by atoms with Crippen molar-refractivity contribution in [3.05, 3.63) is 52.3 Å². The Morgan fingerprint density at radius 3 is 1.84 bits per heavy atom. The summed E-state index contributed by atoms with van der Waals surface area (Å²) >= 11 is 1.47. The van der Waals surface area contributed by atoms with E-state index >= 15 is 0 Å². The first-order valence-corrected chi connectivity index (χ1v) is 17.5. The summed E-state index contributed by atoms with van der Waals surface area (Å²) in [7, 11) is 5.31. The molecule has 0 saturated carbocycles. The van der Waals surface area contributed by atoms with Crippen LogP contribution in [0.15, 0.2) is 41.2 Å². The van der Waals surface area contributed by atoms with Crippen LogP contribution in [0.5, 0.6) is 0 Å². The van der Waals surface area contributed by atoms with Gasteiger partial charge in [0.25, 0.3) is 0 Å². The number of carbonyl (C=O) groups excluding carboxylic acids is 4. The Hall–Kier alpha value is -4.02. The molecule has 1 N–H and O–H groups in total. The molecule has 2 atom stereocenters. The number of hydrogen-bond acceptors (Lipinski definition) is 15. The molecule has 0 amide bonds. The zero-order valence-corrected chi connectivity index (χ0v) is 30.0. The third-order valence-electron chi connectivity index (χ3n) is 8.97. The van der Waals surface area contributed by atoms with Crippen molar-refractivity contribution in [1.82, 2.24) is 25.0 Å². The van der Waals surface area contributed by atoms with Crippen LogP contribution in [0.1, 0.15) is 31.4 Å². The number of nitrogens with zero attached hydrogens (tertiary/aromatic N) is 4. The number of pyridine rings is 1. The van der Waals surface area contributed by atoms with Gasteiger partial charge in [-0.25, -0.2) is 4.98 Å². The molecule has 3 aromatic rings. The summed E-state index contributed by atoms with van der Waals surface area (Å²) in [4.78, 5) is 75.0. The quantitative estimate of drug-likeness (QED) is 0.165. The summed E-state index contributed by atoms with van der Waals surface area (Å²) in [6, 6.07) is 9.86. The minimum absolute atomic E-state index is 0.0544. The number of fused-ring (bicyclic) bond motifs is 2. The van der Waals surface area contributed by atoms with Gasteiger partial charge in [0.15, 0.2) is 5.43 Å². The van der Waals surface area contributed by atoms with Crippen molar-refractivity contribution in [2.24, 2.45) is 0 Å². The third-order valence-corrected chi connectivity index (χ3v) is 10.1. The van der Waals surface area contributed by atoms with E-state index in [1.54, 1.807) is 0 Å². The normalized spacial score (nSPS) is 16.9. The first-order valence-electron chi connectivity index (χ1n) is 16.7. The maximum atomic E-state index is 13.2. The second-order valence-corrected chi connectivity index (χ2v) is 13.0. The molecule has 0 spiro atoms. The molecule has 14 nitrogen and oxygen atoms in total. The highest BCUT2D eigenvalue weighted by Crippen LogP contribution is 2.24. The Morgan fingerprint density at radius 1 is 0.740 bits per heavy atom. The van der Waals surface area contributed by atoms with E-state index in [9.17, 15) is 24.0 Å². The molecule has 1 aliphatic rings. The number of carbonyl (C=O) groups is 4. The van der Waals surface area contributed by atoms with Gasteiger partial charge in [-0.3, -0.25) is 38.7 Å². The monoisotopic (exact) mass is 713 g/mol. The number of rotatable bonds is 12. The van der Waals surface area contributed by atoms with E-state index in [2.05, 4.69) is 10.2 Å². The van der Waals surface area contributed by atoms with E-state index in [1.807, 2.05) is 46.2 Å². The number of methoxy groups -OCH3 is 4. The number of aromatic nitrogens is 1. The Bertz CT molecular complexity index is 1630. The van der Waals surface area contributed by atoms with Crippen molar-refractivity contribution >= 4 is 55.5 Å². The number of hydrogen-bond donors (Lipinski definition) is 1. The highest BCUT2D eigenvalue weighted by atomic mass is 32.1. The minimum Gasteiger partial charge on any atom is -0.469 e. The Balaban J connectivity index is 1.64. The van der Waals surface area contributed by atoms with Crippen LogP contribution in [-0.2, 0) is 44.7 Å². The summed E-state index contributed by atoms with van der Waals surface area (Å²) < 4.78 is 20.8. The van der Waals surface area contributed by atoms with E-state index in [4.69, 9.17) is 23.9 Å². The SMILES string of the molecule is COC(=O)CCC(C(=O)OC)N1CCNCCN(C(CCC(=O)OC)C(=O)OC)CCN(Cc2ccc3c(=O)c4ccccc4sc3n2)CC1. The van der Waals surface area contributed by atoms with E-state index in [0.29, 0.717) is 74.5 Å². The van der Waals surface area contributed by atoms with Gasteiger partial charge >= 0.3 is 23.9 Å². The molecule has 50 heavy (non-hydrogen) atoms. The fraction of sp³-hybridized carbons (Fsp3) is 0.543. The van der Waals surface area contributed by atoms with E-state index in [-0.39, 0.29) is 31.1 Å². The summed E-state index contributed by atoms with van der Waals surface area (Å²) in [5.41, 5.74) is 0.710. The first-order chi connectivity index (χ1) is 24.2. The average molecular weight is 714 g/mol. The first kappa shape index (κ1) is 38.8. The Kier molecular flexibility index (Phi) is 15.0. The second kappa shape index (κ2) is 19.4. The van der Waals surface area contributed by atoms with Crippen LogP contribution in [0.4, 0.5) is 0 Å². The van der Waals surface area contributed by atoms with Gasteiger partial charge in [0.1, 0.15) is 16.9 Å². The van der Waals surface area contributed by atoms with Crippen LogP contribution in [-0.4, -0.2) is 136 Å². The van der Waals surface area contributed by atoms with Gasteiger partial charge in [-0.1, -0.05) is 12.1 Å². The summed E-state index contributed by atoms with van der Waals surface area (Å²) in [5.74, 6) is -1.66. The molecular weight excluding hydrogens is 666 g/mol. The largest absolute Gasteiger partial charge is 0.469 e. The maximum absolute atomic E-state index is 13.2. The van der Waals surface area contributed by atoms with E-state index < -0.39 is 36.0 Å². The molecule has 3 heterocycles. The second-order valence-electron chi connectivity index (χ2n) is 12.0. The molecule has 4 rings (SSSR count). The molecule has 0 aliphatic carbocycles. The van der Waals surface area contributed by atoms with Crippen molar-refractivity contribution in [3.8, 4) is 0 Å². The fourth-order valence-electron chi connectivity index (χ4n) is 6.15. The van der Waals surface area contributed by atoms with Gasteiger partial charge in [0, 0.05) is 81.8 Å². The van der Waals surface area contributed by atoms with Gasteiger partial charge in [-0.05, 0) is 37.1 Å². The van der Waals surface area contributed by atoms with Crippen molar-refractivity contribution in [1.29, 1.82) is 0 Å². The molecule has 1 saturated heterocycles. The van der Waals surface area contributed by atoms with Crippen molar-refractivity contribution in [3.63, 3.8) is 0 Å². The van der Waals surface area contributed by atoms with Gasteiger partial charge in [-0.15, -0.1) is 11.3 Å². The van der Waals surface area contributed by atoms with Crippen molar-refractivity contribution in [2.45, 2.75) is 44.3 Å².